The van der Waals surface area contributed by atoms with E-state index in [0.717, 1.165) is 22.7 Å². The molecule has 4 nitrogen and oxygen atoms in total. The molecule has 1 amide bonds. The molecule has 1 radical (unpaired) electrons. The Bertz CT molecular complexity index is 678. The maximum Gasteiger partial charge on any atom is 0.396 e. The van der Waals surface area contributed by atoms with Gasteiger partial charge in [-0.15, -0.1) is 0 Å². The number of hydrogen-bond acceptors (Lipinski definition) is 2. The van der Waals surface area contributed by atoms with Gasteiger partial charge in [-0.2, -0.15) is 0 Å². The lowest BCUT2D eigenvalue weighted by molar-refractivity contribution is -0.186. The van der Waals surface area contributed by atoms with Crippen molar-refractivity contribution in [3.8, 4) is 0 Å². The van der Waals surface area contributed by atoms with Crippen LogP contribution in [0.3, 0.4) is 0 Å². The number of amides is 1. The fourth-order valence-electron chi connectivity index (χ4n) is 2.98. The molecule has 0 aliphatic carbocycles. The minimum absolute atomic E-state index is 0.267. The van der Waals surface area contributed by atoms with Crippen molar-refractivity contribution in [1.82, 2.24) is 14.6 Å². The molecule has 2 aliphatic rings. The topological polar surface area (TPSA) is 28.5 Å². The number of allylic oxidation sites excluding steroid dienone is 1. The Balaban J connectivity index is 2.01. The van der Waals surface area contributed by atoms with E-state index in [9.17, 15) is 13.8 Å². The van der Waals surface area contributed by atoms with Gasteiger partial charge in [-0.05, 0) is 49.4 Å². The molecule has 0 spiro atoms. The van der Waals surface area contributed by atoms with E-state index in [0.29, 0.717) is 5.56 Å². The van der Waals surface area contributed by atoms with Crippen molar-refractivity contribution in [2.45, 2.75) is 33.2 Å². The molecule has 1 unspecified atom stereocenters. The second-order valence-electron chi connectivity index (χ2n) is 5.51. The number of carbonyl (C=O) groups excluding carboxylic acids is 1. The van der Waals surface area contributed by atoms with E-state index in [1.165, 1.54) is 0 Å². The molecule has 1 aromatic rings. The van der Waals surface area contributed by atoms with Crippen molar-refractivity contribution in [3.63, 3.8) is 0 Å². The zero-order chi connectivity index (χ0) is 15.3. The highest BCUT2D eigenvalue weighted by molar-refractivity contribution is 6.33. The highest BCUT2D eigenvalue weighted by atomic mass is 19.4. The van der Waals surface area contributed by atoms with E-state index in [-0.39, 0.29) is 12.5 Å². The van der Waals surface area contributed by atoms with Crippen LogP contribution in [0.2, 0.25) is 0 Å². The van der Waals surface area contributed by atoms with Crippen molar-refractivity contribution < 1.29 is 13.8 Å². The molecule has 0 saturated carbocycles. The lowest BCUT2D eigenvalue weighted by Gasteiger charge is -2.30. The van der Waals surface area contributed by atoms with Gasteiger partial charge in [0.25, 0.3) is 5.91 Å². The lowest BCUT2D eigenvalue weighted by Crippen LogP contribution is -2.38. The first-order chi connectivity index (χ1) is 9.88. The van der Waals surface area contributed by atoms with Gasteiger partial charge in [0.1, 0.15) is 0 Å². The molecule has 0 fully saturated rings. The fourth-order valence-corrected chi connectivity index (χ4v) is 2.98. The molecular weight excluding hydrogens is 275 g/mol. The second-order valence-corrected chi connectivity index (χ2v) is 5.51. The van der Waals surface area contributed by atoms with Crippen molar-refractivity contribution in [2.75, 3.05) is 0 Å². The van der Waals surface area contributed by atoms with Crippen LogP contribution in [-0.4, -0.2) is 34.1 Å². The summed E-state index contributed by atoms with van der Waals surface area (Å²) in [6.45, 7) is 6.02. The molecule has 109 valence electrons. The average molecular weight is 290 g/mol. The zero-order valence-corrected chi connectivity index (χ0v) is 12.1. The summed E-state index contributed by atoms with van der Waals surface area (Å²) in [4.78, 5) is 13.4. The third-order valence-electron chi connectivity index (χ3n) is 4.01. The van der Waals surface area contributed by atoms with Crippen LogP contribution < -0.4 is 0 Å². The minimum Gasteiger partial charge on any atom is -0.392 e. The smallest absolute Gasteiger partial charge is 0.392 e. The number of aryl methyl sites for hydroxylation is 1. The van der Waals surface area contributed by atoms with E-state index >= 15 is 0 Å². The minimum atomic E-state index is -1.35. The number of halogens is 2. The van der Waals surface area contributed by atoms with Crippen LogP contribution in [0.4, 0.5) is 8.96 Å². The molecule has 0 saturated heterocycles. The molecule has 2 aliphatic heterocycles. The van der Waals surface area contributed by atoms with Gasteiger partial charge in [0.2, 0.25) is 0 Å². The first kappa shape index (κ1) is 13.9. The predicted octanol–water partition coefficient (Wildman–Crippen LogP) is 2.32. The Hall–Kier alpha value is -2.05. The van der Waals surface area contributed by atoms with Gasteiger partial charge in [-0.3, -0.25) is 4.79 Å². The fraction of sp³-hybridized carbons (Fsp3) is 0.357. The van der Waals surface area contributed by atoms with Gasteiger partial charge in [0.05, 0.1) is 6.42 Å². The molecule has 0 N–H and O–H groups in total. The summed E-state index contributed by atoms with van der Waals surface area (Å²) in [5, 5.41) is -1.35. The molecule has 7 heteroatoms. The van der Waals surface area contributed by atoms with Crippen LogP contribution in [0, 0.1) is 6.92 Å². The van der Waals surface area contributed by atoms with Crippen LogP contribution in [0.1, 0.15) is 30.8 Å². The van der Waals surface area contributed by atoms with Gasteiger partial charge in [-0.1, -0.05) is 15.0 Å². The Morgan fingerprint density at radius 3 is 2.81 bits per heavy atom. The number of rotatable bonds is 2. The van der Waals surface area contributed by atoms with Crippen LogP contribution >= 0.6 is 0 Å². The van der Waals surface area contributed by atoms with Crippen LogP contribution in [-0.2, 0) is 11.2 Å². The summed E-state index contributed by atoms with van der Waals surface area (Å²) < 4.78 is 26.6. The standard InChI is InChI=1S/C14H15BF2N3O/c1-8-4-9(2)18-12(8)7-13-11(6-14(21)20(16)17)5-10(3)19(13)15-18/h4-5,7,9H,6H2,1-3H3. The van der Waals surface area contributed by atoms with Gasteiger partial charge in [0, 0.05) is 23.1 Å². The number of nitrogens with zero attached hydrogens (tertiary/aromatic N) is 3. The molecule has 3 heterocycles. The molecule has 21 heavy (non-hydrogen) atoms. The molecule has 0 bridgehead atoms. The highest BCUT2D eigenvalue weighted by Crippen LogP contribution is 2.33. The Morgan fingerprint density at radius 1 is 1.43 bits per heavy atom. The van der Waals surface area contributed by atoms with Crippen molar-refractivity contribution >= 4 is 19.5 Å². The Kier molecular flexibility index (Phi) is 3.15. The SMILES string of the molecule is CC1=CC(C)N2[B]n3c(C)cc(CC(=O)N(F)F)c3C=C12. The second kappa shape index (κ2) is 4.75. The summed E-state index contributed by atoms with van der Waals surface area (Å²) in [7, 11) is 1.97. The molecule has 1 atom stereocenters. The van der Waals surface area contributed by atoms with Crippen molar-refractivity contribution in [3.05, 3.63) is 40.4 Å². The quantitative estimate of drug-likeness (QED) is 0.618. The monoisotopic (exact) mass is 290 g/mol. The number of aromatic nitrogens is 1. The highest BCUT2D eigenvalue weighted by Gasteiger charge is 2.31. The van der Waals surface area contributed by atoms with Crippen molar-refractivity contribution in [2.24, 2.45) is 0 Å². The first-order valence-corrected chi connectivity index (χ1v) is 6.77. The van der Waals surface area contributed by atoms with E-state index in [4.69, 9.17) is 0 Å². The Labute approximate surface area is 122 Å². The number of fused-ring (bicyclic) bond motifs is 2. The molecule has 3 rings (SSSR count). The van der Waals surface area contributed by atoms with E-state index in [1.807, 2.05) is 32.0 Å². The molecule has 0 aromatic carbocycles. The van der Waals surface area contributed by atoms with Crippen LogP contribution in [0.15, 0.2) is 23.4 Å². The third-order valence-corrected chi connectivity index (χ3v) is 4.01. The number of hydrogen-bond donors (Lipinski definition) is 0. The van der Waals surface area contributed by atoms with E-state index < -0.39 is 11.3 Å². The number of carbonyl (C=O) groups is 1. The van der Waals surface area contributed by atoms with Gasteiger partial charge >= 0.3 is 7.55 Å². The molecule has 1 aromatic heterocycles. The summed E-state index contributed by atoms with van der Waals surface area (Å²) in [6.07, 6.45) is 3.82. The average Bonchev–Trinajstić information content (AvgIpc) is 2.87. The van der Waals surface area contributed by atoms with Gasteiger partial charge in [-0.25, -0.2) is 0 Å². The maximum atomic E-state index is 12.3. The molecular formula is C14H15BF2N3O. The van der Waals surface area contributed by atoms with Crippen LogP contribution in [0.5, 0.6) is 0 Å². The Morgan fingerprint density at radius 2 is 2.14 bits per heavy atom. The van der Waals surface area contributed by atoms with Crippen LogP contribution in [0.25, 0.3) is 6.08 Å². The largest absolute Gasteiger partial charge is 0.396 e. The first-order valence-electron chi connectivity index (χ1n) is 6.77. The normalized spacial score (nSPS) is 19.5. The van der Waals surface area contributed by atoms with Crippen molar-refractivity contribution in [1.29, 1.82) is 0 Å². The summed E-state index contributed by atoms with van der Waals surface area (Å²) in [6, 6.07) is 2.05. The maximum absolute atomic E-state index is 12.3. The third kappa shape index (κ3) is 2.16. The lowest BCUT2D eigenvalue weighted by atomic mass is 9.97. The predicted molar refractivity (Wildman–Crippen MR) is 76.1 cm³/mol. The van der Waals surface area contributed by atoms with E-state index in [1.54, 1.807) is 6.07 Å². The zero-order valence-electron chi connectivity index (χ0n) is 12.1. The summed E-state index contributed by atoms with van der Waals surface area (Å²) >= 11 is 0. The van der Waals surface area contributed by atoms with Gasteiger partial charge in [0.15, 0.2) is 0 Å². The van der Waals surface area contributed by atoms with Gasteiger partial charge < -0.3 is 9.29 Å². The summed E-state index contributed by atoms with van der Waals surface area (Å²) in [5.74, 6) is -1.20. The van der Waals surface area contributed by atoms with E-state index in [2.05, 4.69) is 17.8 Å². The summed E-state index contributed by atoms with van der Waals surface area (Å²) in [5.41, 5.74) is 4.55.